The van der Waals surface area contributed by atoms with Gasteiger partial charge in [-0.15, -0.1) is 0 Å². The number of anilines is 1. The van der Waals surface area contributed by atoms with Crippen LogP contribution in [0.15, 0.2) is 18.6 Å². The van der Waals surface area contributed by atoms with E-state index in [1.54, 1.807) is 20.2 Å². The van der Waals surface area contributed by atoms with Crippen LogP contribution in [0.3, 0.4) is 0 Å². The molecular weight excluding hydrogens is 268 g/mol. The van der Waals surface area contributed by atoms with Crippen molar-refractivity contribution in [1.29, 1.82) is 0 Å². The van der Waals surface area contributed by atoms with E-state index in [1.165, 1.54) is 17.4 Å². The minimum absolute atomic E-state index is 0.208. The molecular formula is C11H13ClN6O. The Morgan fingerprint density at radius 1 is 1.53 bits per heavy atom. The molecule has 2 heterocycles. The minimum Gasteiger partial charge on any atom is -0.373 e. The molecule has 0 aliphatic heterocycles. The first-order valence-corrected chi connectivity index (χ1v) is 5.92. The molecule has 2 aromatic heterocycles. The van der Waals surface area contributed by atoms with Gasteiger partial charge in [0.25, 0.3) is 5.91 Å². The summed E-state index contributed by atoms with van der Waals surface area (Å²) >= 11 is 6.00. The fourth-order valence-electron chi connectivity index (χ4n) is 1.55. The van der Waals surface area contributed by atoms with Gasteiger partial charge in [-0.05, 0) is 6.07 Å². The number of hydrogen-bond donors (Lipinski definition) is 2. The van der Waals surface area contributed by atoms with E-state index in [1.807, 2.05) is 0 Å². The molecule has 0 saturated heterocycles. The van der Waals surface area contributed by atoms with Crippen LogP contribution in [0, 0.1) is 0 Å². The summed E-state index contributed by atoms with van der Waals surface area (Å²) in [4.78, 5) is 21.8. The number of nitrogens with zero attached hydrogens (tertiary/aromatic N) is 4. The predicted octanol–water partition coefficient (Wildman–Crippen LogP) is 1.17. The molecule has 0 bridgehead atoms. The number of nitrogens with one attached hydrogen (secondary N) is 2. The molecule has 7 nitrogen and oxygen atoms in total. The lowest BCUT2D eigenvalue weighted by Crippen LogP contribution is -2.27. The van der Waals surface area contributed by atoms with Crippen LogP contribution in [-0.2, 0) is 6.54 Å². The highest BCUT2D eigenvalue weighted by molar-refractivity contribution is 6.33. The molecule has 0 aliphatic rings. The molecule has 2 aromatic rings. The topological polar surface area (TPSA) is 86.8 Å². The van der Waals surface area contributed by atoms with Crippen LogP contribution in [0.2, 0.25) is 5.02 Å². The van der Waals surface area contributed by atoms with Gasteiger partial charge in [0.15, 0.2) is 0 Å². The average Bonchev–Trinajstić information content (AvgIpc) is 2.91. The molecule has 0 aromatic carbocycles. The normalized spacial score (nSPS) is 10.3. The number of pyridine rings is 1. The average molecular weight is 281 g/mol. The third kappa shape index (κ3) is 3.00. The zero-order chi connectivity index (χ0) is 13.8. The zero-order valence-corrected chi connectivity index (χ0v) is 11.3. The Labute approximate surface area is 115 Å². The molecule has 0 fully saturated rings. The van der Waals surface area contributed by atoms with Crippen LogP contribution < -0.4 is 5.32 Å². The van der Waals surface area contributed by atoms with Crippen LogP contribution in [0.4, 0.5) is 5.82 Å². The highest BCUT2D eigenvalue weighted by Gasteiger charge is 2.17. The van der Waals surface area contributed by atoms with Crippen molar-refractivity contribution in [1.82, 2.24) is 25.1 Å². The van der Waals surface area contributed by atoms with Gasteiger partial charge in [0.2, 0.25) is 0 Å². The summed E-state index contributed by atoms with van der Waals surface area (Å²) < 4.78 is 0. The van der Waals surface area contributed by atoms with Crippen LogP contribution >= 0.6 is 11.6 Å². The van der Waals surface area contributed by atoms with Crippen molar-refractivity contribution in [3.8, 4) is 0 Å². The van der Waals surface area contributed by atoms with Gasteiger partial charge in [0, 0.05) is 20.3 Å². The number of hydrogen-bond acceptors (Lipinski definition) is 5. The van der Waals surface area contributed by atoms with Gasteiger partial charge in [-0.1, -0.05) is 11.6 Å². The summed E-state index contributed by atoms with van der Waals surface area (Å²) in [6, 6.07) is 1.61. The summed E-state index contributed by atoms with van der Waals surface area (Å²) in [6.45, 7) is 0.326. The molecule has 0 atom stereocenters. The van der Waals surface area contributed by atoms with E-state index < -0.39 is 0 Å². The lowest BCUT2D eigenvalue weighted by molar-refractivity contribution is 0.0782. The summed E-state index contributed by atoms with van der Waals surface area (Å²) in [7, 11) is 3.39. The molecule has 19 heavy (non-hydrogen) atoms. The Kier molecular flexibility index (Phi) is 3.96. The van der Waals surface area contributed by atoms with Crippen LogP contribution in [0.1, 0.15) is 16.2 Å². The second-order valence-corrected chi connectivity index (χ2v) is 4.30. The van der Waals surface area contributed by atoms with Crippen molar-refractivity contribution in [3.63, 3.8) is 0 Å². The zero-order valence-electron chi connectivity index (χ0n) is 10.5. The number of halogens is 1. The monoisotopic (exact) mass is 280 g/mol. The number of aromatic nitrogens is 4. The highest BCUT2D eigenvalue weighted by Crippen LogP contribution is 2.19. The van der Waals surface area contributed by atoms with E-state index in [2.05, 4.69) is 25.5 Å². The molecule has 100 valence electrons. The standard InChI is InChI=1S/C11H13ClN6O/c1-13-9-3-7(8(12)4-14-9)11(19)18(2)5-10-15-6-16-17-10/h3-4,6H,5H2,1-2H3,(H,13,14)(H,15,16,17). The van der Waals surface area contributed by atoms with E-state index in [0.29, 0.717) is 28.8 Å². The molecule has 2 N–H and O–H groups in total. The molecule has 0 unspecified atom stereocenters. The highest BCUT2D eigenvalue weighted by atomic mass is 35.5. The molecule has 1 amide bonds. The first-order valence-electron chi connectivity index (χ1n) is 5.55. The first kappa shape index (κ1) is 13.3. The Hall–Kier alpha value is -2.15. The molecule has 8 heteroatoms. The third-order valence-electron chi connectivity index (χ3n) is 2.54. The van der Waals surface area contributed by atoms with E-state index in [9.17, 15) is 4.79 Å². The van der Waals surface area contributed by atoms with Crippen LogP contribution in [0.25, 0.3) is 0 Å². The summed E-state index contributed by atoms with van der Waals surface area (Å²) in [6.07, 6.45) is 2.84. The van der Waals surface area contributed by atoms with E-state index in [0.717, 1.165) is 0 Å². The third-order valence-corrected chi connectivity index (χ3v) is 2.84. The summed E-state index contributed by atoms with van der Waals surface area (Å²) in [5.74, 6) is 0.982. The predicted molar refractivity (Wildman–Crippen MR) is 71.0 cm³/mol. The molecule has 0 aliphatic carbocycles. The fraction of sp³-hybridized carbons (Fsp3) is 0.273. The number of aromatic amines is 1. The summed E-state index contributed by atoms with van der Waals surface area (Å²) in [5, 5.41) is 9.61. The van der Waals surface area contributed by atoms with Crippen molar-refractivity contribution in [2.24, 2.45) is 0 Å². The van der Waals surface area contributed by atoms with Gasteiger partial charge in [-0.3, -0.25) is 9.89 Å². The number of rotatable bonds is 4. The van der Waals surface area contributed by atoms with E-state index >= 15 is 0 Å². The Balaban J connectivity index is 2.18. The summed E-state index contributed by atoms with van der Waals surface area (Å²) in [5.41, 5.74) is 0.392. The van der Waals surface area contributed by atoms with E-state index in [-0.39, 0.29) is 5.91 Å². The lowest BCUT2D eigenvalue weighted by Gasteiger charge is -2.16. The second kappa shape index (κ2) is 5.66. The van der Waals surface area contributed by atoms with Crippen molar-refractivity contribution >= 4 is 23.3 Å². The number of carbonyl (C=O) groups excluding carboxylic acids is 1. The van der Waals surface area contributed by atoms with Crippen molar-refractivity contribution < 1.29 is 4.79 Å². The maximum absolute atomic E-state index is 12.3. The van der Waals surface area contributed by atoms with Gasteiger partial charge < -0.3 is 10.2 Å². The lowest BCUT2D eigenvalue weighted by atomic mass is 10.2. The Morgan fingerprint density at radius 2 is 2.32 bits per heavy atom. The number of carbonyl (C=O) groups is 1. The van der Waals surface area contributed by atoms with Crippen molar-refractivity contribution in [2.45, 2.75) is 6.54 Å². The van der Waals surface area contributed by atoms with E-state index in [4.69, 9.17) is 11.6 Å². The maximum atomic E-state index is 12.3. The van der Waals surface area contributed by atoms with Gasteiger partial charge in [0.1, 0.15) is 18.0 Å². The molecule has 0 spiro atoms. The minimum atomic E-state index is -0.208. The van der Waals surface area contributed by atoms with Crippen LogP contribution in [0.5, 0.6) is 0 Å². The van der Waals surface area contributed by atoms with Crippen LogP contribution in [-0.4, -0.2) is 45.1 Å². The van der Waals surface area contributed by atoms with Crippen molar-refractivity contribution in [3.05, 3.63) is 35.0 Å². The second-order valence-electron chi connectivity index (χ2n) is 3.89. The Bertz CT molecular complexity index is 571. The SMILES string of the molecule is CNc1cc(C(=O)N(C)Cc2ncn[nH]2)c(Cl)cn1. The quantitative estimate of drug-likeness (QED) is 0.878. The van der Waals surface area contributed by atoms with Gasteiger partial charge in [0.05, 0.1) is 17.1 Å². The number of H-pyrrole nitrogens is 1. The van der Waals surface area contributed by atoms with Gasteiger partial charge in [-0.2, -0.15) is 5.10 Å². The fourth-order valence-corrected chi connectivity index (χ4v) is 1.73. The molecule has 2 rings (SSSR count). The van der Waals surface area contributed by atoms with Gasteiger partial charge in [-0.25, -0.2) is 9.97 Å². The smallest absolute Gasteiger partial charge is 0.255 e. The largest absolute Gasteiger partial charge is 0.373 e. The Morgan fingerprint density at radius 3 is 2.95 bits per heavy atom. The van der Waals surface area contributed by atoms with Gasteiger partial charge >= 0.3 is 0 Å². The van der Waals surface area contributed by atoms with Crippen molar-refractivity contribution in [2.75, 3.05) is 19.4 Å². The first-order chi connectivity index (χ1) is 9.11. The molecule has 0 saturated carbocycles. The maximum Gasteiger partial charge on any atom is 0.255 e. The molecule has 0 radical (unpaired) electrons. The number of amides is 1.